The van der Waals surface area contributed by atoms with Crippen molar-refractivity contribution in [1.29, 1.82) is 0 Å². The zero-order valence-electron chi connectivity index (χ0n) is 19.6. The molecule has 3 heterocycles. The van der Waals surface area contributed by atoms with E-state index in [1.807, 2.05) is 31.2 Å². The number of nitrogens with one attached hydrogen (secondary N) is 2. The maximum absolute atomic E-state index is 13.1. The van der Waals surface area contributed by atoms with Crippen LogP contribution in [0.4, 0.5) is 0 Å². The molecule has 33 heavy (non-hydrogen) atoms. The van der Waals surface area contributed by atoms with Crippen LogP contribution < -0.4 is 10.6 Å². The van der Waals surface area contributed by atoms with E-state index in [0.29, 0.717) is 18.8 Å². The molecule has 9 heteroatoms. The summed E-state index contributed by atoms with van der Waals surface area (Å²) in [5, 5.41) is 10.2. The average Bonchev–Trinajstić information content (AvgIpc) is 3.47. The quantitative estimate of drug-likeness (QED) is 0.657. The number of aryl methyl sites for hydroxylation is 1. The second kappa shape index (κ2) is 9.35. The predicted octanol–water partition coefficient (Wildman–Crippen LogP) is 1.18. The monoisotopic (exact) mass is 452 g/mol. The molecule has 1 atom stereocenters. The molecule has 176 valence electrons. The maximum atomic E-state index is 13.1. The number of hydrogen-bond acceptors (Lipinski definition) is 5. The van der Waals surface area contributed by atoms with Gasteiger partial charge in [0.05, 0.1) is 6.54 Å². The summed E-state index contributed by atoms with van der Waals surface area (Å²) in [6.45, 7) is 7.75. The van der Waals surface area contributed by atoms with Crippen LogP contribution in [0, 0.1) is 6.92 Å². The molecule has 1 saturated heterocycles. The van der Waals surface area contributed by atoms with Crippen molar-refractivity contribution in [3.05, 3.63) is 52.8 Å². The van der Waals surface area contributed by atoms with E-state index in [1.54, 1.807) is 14.0 Å². The minimum atomic E-state index is -1.12. The molecule has 9 nitrogen and oxygen atoms in total. The third kappa shape index (κ3) is 4.78. The van der Waals surface area contributed by atoms with Crippen LogP contribution in [0.3, 0.4) is 0 Å². The van der Waals surface area contributed by atoms with Crippen LogP contribution in [0.1, 0.15) is 51.9 Å². The highest BCUT2D eigenvalue weighted by atomic mass is 16.2. The lowest BCUT2D eigenvalue weighted by molar-refractivity contribution is -0.132. The number of carbonyl (C=O) groups is 3. The Kier molecular flexibility index (Phi) is 6.51. The van der Waals surface area contributed by atoms with Crippen molar-refractivity contribution >= 4 is 17.7 Å². The number of nitrogens with zero attached hydrogens (tertiary/aromatic N) is 4. The molecule has 2 aliphatic heterocycles. The smallest absolute Gasteiger partial charge is 0.272 e. The van der Waals surface area contributed by atoms with Gasteiger partial charge < -0.3 is 20.4 Å². The number of carbonyl (C=O) groups excluding carboxylic acids is 3. The SMILES string of the molecule is Cc1ccc(CNC(=O)C2(C)Cn3nc(C(=O)NCCN4CCCC4)cc3C(=O)N2C)cc1. The van der Waals surface area contributed by atoms with Crippen molar-refractivity contribution in [2.45, 2.75) is 45.3 Å². The highest BCUT2D eigenvalue weighted by Gasteiger charge is 2.46. The molecule has 0 spiro atoms. The average molecular weight is 453 g/mol. The van der Waals surface area contributed by atoms with Crippen LogP contribution in [-0.4, -0.2) is 76.1 Å². The number of likely N-dealkylation sites (tertiary alicyclic amines) is 1. The molecule has 1 aromatic carbocycles. The van der Waals surface area contributed by atoms with E-state index in [1.165, 1.54) is 28.5 Å². The summed E-state index contributed by atoms with van der Waals surface area (Å²) in [4.78, 5) is 42.5. The lowest BCUT2D eigenvalue weighted by Gasteiger charge is -2.40. The van der Waals surface area contributed by atoms with E-state index in [2.05, 4.69) is 20.6 Å². The predicted molar refractivity (Wildman–Crippen MR) is 124 cm³/mol. The summed E-state index contributed by atoms with van der Waals surface area (Å²) in [6, 6.07) is 9.43. The van der Waals surface area contributed by atoms with Gasteiger partial charge >= 0.3 is 0 Å². The Morgan fingerprint density at radius 1 is 1.12 bits per heavy atom. The zero-order valence-corrected chi connectivity index (χ0v) is 19.6. The maximum Gasteiger partial charge on any atom is 0.272 e. The van der Waals surface area contributed by atoms with Crippen molar-refractivity contribution in [2.75, 3.05) is 33.2 Å². The summed E-state index contributed by atoms with van der Waals surface area (Å²) in [6.07, 6.45) is 2.41. The van der Waals surface area contributed by atoms with Crippen LogP contribution in [0.2, 0.25) is 0 Å². The van der Waals surface area contributed by atoms with Gasteiger partial charge in [-0.1, -0.05) is 29.8 Å². The summed E-state index contributed by atoms with van der Waals surface area (Å²) >= 11 is 0. The number of rotatable bonds is 7. The van der Waals surface area contributed by atoms with Gasteiger partial charge in [-0.15, -0.1) is 0 Å². The highest BCUT2D eigenvalue weighted by Crippen LogP contribution is 2.26. The number of aromatic nitrogens is 2. The molecular formula is C24H32N6O3. The first-order chi connectivity index (χ1) is 15.8. The van der Waals surface area contributed by atoms with Gasteiger partial charge in [0, 0.05) is 32.7 Å². The zero-order chi connectivity index (χ0) is 23.6. The lowest BCUT2D eigenvalue weighted by Crippen LogP contribution is -2.62. The second-order valence-electron chi connectivity index (χ2n) is 9.18. The molecule has 2 aromatic rings. The fraction of sp³-hybridized carbons (Fsp3) is 0.500. The topological polar surface area (TPSA) is 99.6 Å². The van der Waals surface area contributed by atoms with Gasteiger partial charge in [0.2, 0.25) is 5.91 Å². The van der Waals surface area contributed by atoms with E-state index in [-0.39, 0.29) is 30.0 Å². The van der Waals surface area contributed by atoms with Gasteiger partial charge in [0.1, 0.15) is 11.2 Å². The Morgan fingerprint density at radius 2 is 1.82 bits per heavy atom. The lowest BCUT2D eigenvalue weighted by atomic mass is 9.95. The van der Waals surface area contributed by atoms with Gasteiger partial charge in [-0.3, -0.25) is 19.1 Å². The molecule has 3 amide bonds. The Balaban J connectivity index is 1.41. The highest BCUT2D eigenvalue weighted by molar-refractivity contribution is 6.01. The van der Waals surface area contributed by atoms with E-state index in [4.69, 9.17) is 0 Å². The van der Waals surface area contributed by atoms with Crippen molar-refractivity contribution < 1.29 is 14.4 Å². The van der Waals surface area contributed by atoms with Crippen LogP contribution in [0.15, 0.2) is 30.3 Å². The number of hydrogen-bond donors (Lipinski definition) is 2. The summed E-state index contributed by atoms with van der Waals surface area (Å²) < 4.78 is 1.48. The minimum Gasteiger partial charge on any atom is -0.350 e. The van der Waals surface area contributed by atoms with Gasteiger partial charge in [-0.2, -0.15) is 5.10 Å². The van der Waals surface area contributed by atoms with Crippen LogP contribution in [0.25, 0.3) is 0 Å². The first-order valence-electron chi connectivity index (χ1n) is 11.5. The Hall–Kier alpha value is -3.20. The summed E-state index contributed by atoms with van der Waals surface area (Å²) in [5.74, 6) is -0.911. The first-order valence-corrected chi connectivity index (χ1v) is 11.5. The largest absolute Gasteiger partial charge is 0.350 e. The molecule has 0 radical (unpaired) electrons. The number of benzene rings is 1. The third-order valence-electron chi connectivity index (χ3n) is 6.71. The Labute approximate surface area is 194 Å². The van der Waals surface area contributed by atoms with Crippen molar-refractivity contribution in [2.24, 2.45) is 0 Å². The van der Waals surface area contributed by atoms with Gasteiger partial charge in [0.25, 0.3) is 11.8 Å². The van der Waals surface area contributed by atoms with Crippen molar-refractivity contribution in [3.8, 4) is 0 Å². The number of fused-ring (bicyclic) bond motifs is 1. The van der Waals surface area contributed by atoms with Gasteiger partial charge in [-0.25, -0.2) is 0 Å². The number of likely N-dealkylation sites (N-methyl/N-ethyl adjacent to an activating group) is 1. The second-order valence-corrected chi connectivity index (χ2v) is 9.18. The van der Waals surface area contributed by atoms with Gasteiger partial charge in [0.15, 0.2) is 5.69 Å². The first kappa shape index (κ1) is 23.0. The molecule has 0 saturated carbocycles. The van der Waals surface area contributed by atoms with Crippen LogP contribution in [0.5, 0.6) is 0 Å². The fourth-order valence-corrected chi connectivity index (χ4v) is 4.34. The van der Waals surface area contributed by atoms with Crippen molar-refractivity contribution in [1.82, 2.24) is 30.2 Å². The standard InChI is InChI=1S/C24H32N6O3/c1-17-6-8-18(9-7-17)15-26-23(33)24(2)16-30-20(22(32)28(24)3)14-19(27-30)21(31)25-10-13-29-11-4-5-12-29/h6-9,14H,4-5,10-13,15-16H2,1-3H3,(H,25,31)(H,26,33). The molecular weight excluding hydrogens is 420 g/mol. The number of amides is 3. The molecule has 4 rings (SSSR count). The van der Waals surface area contributed by atoms with Gasteiger partial charge in [-0.05, 0) is 45.3 Å². The van der Waals surface area contributed by atoms with E-state index < -0.39 is 5.54 Å². The third-order valence-corrected chi connectivity index (χ3v) is 6.71. The van der Waals surface area contributed by atoms with E-state index in [9.17, 15) is 14.4 Å². The fourth-order valence-electron chi connectivity index (χ4n) is 4.34. The Bertz CT molecular complexity index is 1040. The van der Waals surface area contributed by atoms with Crippen molar-refractivity contribution in [3.63, 3.8) is 0 Å². The van der Waals surface area contributed by atoms with E-state index >= 15 is 0 Å². The molecule has 2 N–H and O–H groups in total. The normalized spacial score (nSPS) is 20.6. The summed E-state index contributed by atoms with van der Waals surface area (Å²) in [5.41, 5.74) is 1.51. The van der Waals surface area contributed by atoms with E-state index in [0.717, 1.165) is 30.8 Å². The molecule has 0 bridgehead atoms. The molecule has 1 aromatic heterocycles. The summed E-state index contributed by atoms with van der Waals surface area (Å²) in [7, 11) is 1.61. The molecule has 2 aliphatic rings. The van der Waals surface area contributed by atoms with Crippen LogP contribution >= 0.6 is 0 Å². The van der Waals surface area contributed by atoms with Crippen LogP contribution in [-0.2, 0) is 17.9 Å². The molecule has 0 aliphatic carbocycles. The Morgan fingerprint density at radius 3 is 2.52 bits per heavy atom. The molecule has 1 unspecified atom stereocenters. The molecule has 1 fully saturated rings. The minimum absolute atomic E-state index is 0.172.